The summed E-state index contributed by atoms with van der Waals surface area (Å²) < 4.78 is 32.5. The molecule has 118 valence electrons. The van der Waals surface area contributed by atoms with Gasteiger partial charge in [-0.15, -0.1) is 0 Å². The maximum Gasteiger partial charge on any atom is 1.00 e. The van der Waals surface area contributed by atoms with Crippen LogP contribution in [0.4, 0.5) is 17.1 Å². The molecule has 0 atom stereocenters. The molecule has 0 aromatic heterocycles. The molecule has 0 aliphatic heterocycles. The molecular formula is C6H6N3NaO11S. The van der Waals surface area contributed by atoms with Crippen LogP contribution in [0.25, 0.3) is 0 Å². The van der Waals surface area contributed by atoms with E-state index in [1.54, 1.807) is 0 Å². The molecule has 0 heterocycles. The summed E-state index contributed by atoms with van der Waals surface area (Å²) in [6.07, 6.45) is 0. The normalized spacial score (nSPS) is 9.50. The standard InChI is InChI=1S/C6H3N3O9S.Na.2H2O/c10-7(11)3-1-4(8(12)13)6(19(16,17)18)5(2-3)9(14)15;;;/h1-2H,(H,16,17,18);;2*1H2/q;+1;;/p-1. The summed E-state index contributed by atoms with van der Waals surface area (Å²) in [5, 5.41) is 31.6. The minimum absolute atomic E-state index is 0. The number of non-ortho nitro benzene ring substituents is 1. The molecule has 0 saturated carbocycles. The zero-order chi connectivity index (χ0) is 15.0. The molecule has 1 rings (SSSR count). The van der Waals surface area contributed by atoms with E-state index in [0.717, 1.165) is 0 Å². The van der Waals surface area contributed by atoms with Gasteiger partial charge >= 0.3 is 40.9 Å². The predicted molar refractivity (Wildman–Crippen MR) is 61.6 cm³/mol. The van der Waals surface area contributed by atoms with Gasteiger partial charge in [-0.05, 0) is 0 Å². The monoisotopic (exact) mass is 351 g/mol. The van der Waals surface area contributed by atoms with Crippen molar-refractivity contribution in [3.05, 3.63) is 42.5 Å². The van der Waals surface area contributed by atoms with Gasteiger partial charge in [0.1, 0.15) is 10.1 Å². The van der Waals surface area contributed by atoms with Gasteiger partial charge in [0.05, 0.1) is 26.9 Å². The van der Waals surface area contributed by atoms with Crippen molar-refractivity contribution in [3.63, 3.8) is 0 Å². The van der Waals surface area contributed by atoms with Crippen LogP contribution in [0.5, 0.6) is 0 Å². The second-order valence-corrected chi connectivity index (χ2v) is 4.36. The number of rotatable bonds is 4. The Morgan fingerprint density at radius 3 is 1.32 bits per heavy atom. The molecule has 14 nitrogen and oxygen atoms in total. The largest absolute Gasteiger partial charge is 1.00 e. The Balaban J connectivity index is -0.00000120. The van der Waals surface area contributed by atoms with Gasteiger partial charge in [0.2, 0.25) is 4.90 Å². The molecule has 0 aliphatic carbocycles. The van der Waals surface area contributed by atoms with Crippen LogP contribution in [0, 0.1) is 30.3 Å². The van der Waals surface area contributed by atoms with E-state index in [2.05, 4.69) is 0 Å². The second-order valence-electron chi connectivity index (χ2n) is 3.04. The fourth-order valence-electron chi connectivity index (χ4n) is 1.22. The number of nitrogens with zero attached hydrogens (tertiary/aromatic N) is 3. The third-order valence-electron chi connectivity index (χ3n) is 1.89. The maximum absolute atomic E-state index is 10.8. The minimum Gasteiger partial charge on any atom is -0.744 e. The van der Waals surface area contributed by atoms with Crippen molar-refractivity contribution in [2.75, 3.05) is 0 Å². The van der Waals surface area contributed by atoms with Gasteiger partial charge in [-0.1, -0.05) is 0 Å². The number of hydrogen-bond donors (Lipinski definition) is 0. The molecule has 4 N–H and O–H groups in total. The van der Waals surface area contributed by atoms with E-state index in [1.807, 2.05) is 0 Å². The van der Waals surface area contributed by atoms with Crippen molar-refractivity contribution in [1.82, 2.24) is 0 Å². The minimum atomic E-state index is -5.55. The summed E-state index contributed by atoms with van der Waals surface area (Å²) >= 11 is 0. The summed E-state index contributed by atoms with van der Waals surface area (Å²) in [6, 6.07) is 0.329. The van der Waals surface area contributed by atoms with Gasteiger partial charge in [0.15, 0.2) is 0 Å². The third kappa shape index (κ3) is 5.22. The second kappa shape index (κ2) is 8.63. The number of benzene rings is 1. The molecule has 0 radical (unpaired) electrons. The van der Waals surface area contributed by atoms with Gasteiger partial charge in [0, 0.05) is 0 Å². The number of nitro benzene ring substituents is 3. The van der Waals surface area contributed by atoms with Gasteiger partial charge in [0.25, 0.3) is 5.69 Å². The molecule has 0 bridgehead atoms. The quantitative estimate of drug-likeness (QED) is 0.219. The number of hydrogen-bond acceptors (Lipinski definition) is 9. The summed E-state index contributed by atoms with van der Waals surface area (Å²) in [7, 11) is -5.55. The Labute approximate surface area is 142 Å². The molecule has 0 unspecified atom stereocenters. The van der Waals surface area contributed by atoms with Crippen molar-refractivity contribution in [3.8, 4) is 0 Å². The van der Waals surface area contributed by atoms with Crippen LogP contribution >= 0.6 is 0 Å². The molecule has 0 fully saturated rings. The first-order chi connectivity index (χ1) is 8.55. The summed E-state index contributed by atoms with van der Waals surface area (Å²) in [5.41, 5.74) is -4.11. The molecule has 1 aromatic carbocycles. The number of nitro groups is 3. The Morgan fingerprint density at radius 1 is 0.818 bits per heavy atom. The molecule has 0 amide bonds. The third-order valence-corrected chi connectivity index (χ3v) is 2.81. The summed E-state index contributed by atoms with van der Waals surface area (Å²) in [6.45, 7) is 0. The molecular weight excluding hydrogens is 345 g/mol. The van der Waals surface area contributed by atoms with Crippen LogP contribution < -0.4 is 29.6 Å². The fraction of sp³-hybridized carbons (Fsp3) is 0. The maximum atomic E-state index is 10.8. The predicted octanol–water partition coefficient (Wildman–Crippen LogP) is -4.33. The van der Waals surface area contributed by atoms with Crippen molar-refractivity contribution >= 4 is 27.2 Å². The fourth-order valence-corrected chi connectivity index (χ4v) is 2.00. The van der Waals surface area contributed by atoms with Crippen LogP contribution in [0.15, 0.2) is 17.0 Å². The Kier molecular flexibility index (Phi) is 9.90. The average molecular weight is 351 g/mol. The van der Waals surface area contributed by atoms with Gasteiger partial charge < -0.3 is 15.5 Å². The molecule has 22 heavy (non-hydrogen) atoms. The van der Waals surface area contributed by atoms with Crippen LogP contribution in [0.2, 0.25) is 0 Å². The molecule has 0 spiro atoms. The first-order valence-corrected chi connectivity index (χ1v) is 5.53. The Morgan fingerprint density at radius 2 is 1.14 bits per heavy atom. The molecule has 16 heteroatoms. The van der Waals surface area contributed by atoms with Crippen molar-refractivity contribution < 1.29 is 68.3 Å². The first-order valence-electron chi connectivity index (χ1n) is 4.13. The van der Waals surface area contributed by atoms with E-state index in [0.29, 0.717) is 0 Å². The average Bonchev–Trinajstić information content (AvgIpc) is 2.25. The van der Waals surface area contributed by atoms with Gasteiger partial charge in [-0.25, -0.2) is 8.42 Å². The van der Waals surface area contributed by atoms with E-state index in [-0.39, 0.29) is 52.6 Å². The van der Waals surface area contributed by atoms with Crippen LogP contribution in [-0.4, -0.2) is 38.7 Å². The summed E-state index contributed by atoms with van der Waals surface area (Å²) in [4.78, 5) is 25.8. The van der Waals surface area contributed by atoms with E-state index in [4.69, 9.17) is 0 Å². The van der Waals surface area contributed by atoms with E-state index < -0.39 is 46.8 Å². The van der Waals surface area contributed by atoms with Gasteiger partial charge in [-0.3, -0.25) is 30.3 Å². The zero-order valence-corrected chi connectivity index (χ0v) is 13.4. The molecule has 1 aromatic rings. The first kappa shape index (κ1) is 25.2. The SMILES string of the molecule is O.O.O=[N+]([O-])c1cc([N+](=O)[O-])c(S(=O)(=O)[O-])c([N+](=O)[O-])c1.[Na+]. The van der Waals surface area contributed by atoms with Crippen LogP contribution in [0.3, 0.4) is 0 Å². The van der Waals surface area contributed by atoms with E-state index in [9.17, 15) is 43.3 Å². The van der Waals surface area contributed by atoms with Crippen LogP contribution in [-0.2, 0) is 10.1 Å². The smallest absolute Gasteiger partial charge is 0.744 e. The van der Waals surface area contributed by atoms with Crippen molar-refractivity contribution in [2.24, 2.45) is 0 Å². The topological polar surface area (TPSA) is 250 Å². The van der Waals surface area contributed by atoms with Crippen molar-refractivity contribution in [1.29, 1.82) is 0 Å². The Bertz CT molecular complexity index is 667. The molecule has 0 saturated heterocycles. The van der Waals surface area contributed by atoms with E-state index in [1.165, 1.54) is 0 Å². The molecule has 0 aliphatic rings. The van der Waals surface area contributed by atoms with Crippen LogP contribution in [0.1, 0.15) is 0 Å². The van der Waals surface area contributed by atoms with Gasteiger partial charge in [-0.2, -0.15) is 0 Å². The zero-order valence-electron chi connectivity index (χ0n) is 10.6. The Hall–Kier alpha value is -1.75. The summed E-state index contributed by atoms with van der Waals surface area (Å²) in [5.74, 6) is 0. The van der Waals surface area contributed by atoms with Crippen molar-refractivity contribution in [2.45, 2.75) is 4.90 Å². The van der Waals surface area contributed by atoms with E-state index >= 15 is 0 Å².